The van der Waals surface area contributed by atoms with Gasteiger partial charge < -0.3 is 20.3 Å². The van der Waals surface area contributed by atoms with E-state index in [-0.39, 0.29) is 31.6 Å². The van der Waals surface area contributed by atoms with Crippen molar-refractivity contribution in [3.63, 3.8) is 0 Å². The maximum Gasteiger partial charge on any atom is 0.340 e. The topological polar surface area (TPSA) is 149 Å². The number of hydroxylamine groups is 2. The number of hydrogen-bond donors (Lipinski definition) is 2. The number of benzene rings is 1. The molecule has 10 heteroatoms. The molecule has 0 radical (unpaired) electrons. The van der Waals surface area contributed by atoms with Gasteiger partial charge in [0.15, 0.2) is 0 Å². The Morgan fingerprint density at radius 2 is 1.84 bits per heavy atom. The van der Waals surface area contributed by atoms with Crippen LogP contribution in [0.5, 0.6) is 0 Å². The summed E-state index contributed by atoms with van der Waals surface area (Å²) >= 11 is 0. The Labute approximate surface area is 183 Å². The van der Waals surface area contributed by atoms with Crippen LogP contribution in [-0.4, -0.2) is 35.3 Å². The minimum absolute atomic E-state index is 0.0566. The van der Waals surface area contributed by atoms with Crippen LogP contribution in [0.15, 0.2) is 27.4 Å². The number of nitrogens with zero attached hydrogens (tertiary/aromatic N) is 1. The molecule has 0 atom stereocenters. The van der Waals surface area contributed by atoms with Crippen molar-refractivity contribution in [1.29, 1.82) is 0 Å². The van der Waals surface area contributed by atoms with Crippen molar-refractivity contribution in [2.24, 2.45) is 0 Å². The molecule has 0 bridgehead atoms. The van der Waals surface area contributed by atoms with Gasteiger partial charge in [0.05, 0.1) is 12.0 Å². The first-order valence-electron chi connectivity index (χ1n) is 10.4. The van der Waals surface area contributed by atoms with E-state index in [1.54, 1.807) is 25.1 Å². The Balaban J connectivity index is 1.39. The van der Waals surface area contributed by atoms with Crippen LogP contribution in [0.25, 0.3) is 11.0 Å². The summed E-state index contributed by atoms with van der Waals surface area (Å²) in [5.41, 5.74) is 7.00. The summed E-state index contributed by atoms with van der Waals surface area (Å²) in [4.78, 5) is 63.8. The molecular weight excluding hydrogens is 418 g/mol. The minimum atomic E-state index is -0.641. The molecule has 2 aromatic rings. The fourth-order valence-electron chi connectivity index (χ4n) is 3.44. The zero-order valence-corrected chi connectivity index (χ0v) is 17.8. The molecule has 3 amide bonds. The SMILES string of the molecule is Cc1c(CC(=O)NCCCCCC(=O)ON2C(=O)CCC2=O)c(=O)oc2cc(N)ccc12. The number of carbonyl (C=O) groups excluding carboxylic acids is 4. The summed E-state index contributed by atoms with van der Waals surface area (Å²) in [6.45, 7) is 2.14. The van der Waals surface area contributed by atoms with E-state index in [1.165, 1.54) is 0 Å². The summed E-state index contributed by atoms with van der Waals surface area (Å²) in [5.74, 6) is -1.96. The van der Waals surface area contributed by atoms with Crippen LogP contribution in [0.2, 0.25) is 0 Å². The summed E-state index contributed by atoms with van der Waals surface area (Å²) in [6, 6.07) is 5.03. The standard InChI is InChI=1S/C22H25N3O7/c1-13-15-7-6-14(23)11-17(15)31-22(30)16(13)12-18(26)24-10-4-2-3-5-21(29)32-25-19(27)8-9-20(25)28/h6-7,11H,2-5,8-10,12,23H2,1H3,(H,24,26). The first kappa shape index (κ1) is 23.0. The lowest BCUT2D eigenvalue weighted by molar-refractivity contribution is -0.197. The van der Waals surface area contributed by atoms with Crippen LogP contribution < -0.4 is 16.7 Å². The first-order valence-corrected chi connectivity index (χ1v) is 10.4. The monoisotopic (exact) mass is 443 g/mol. The maximum absolute atomic E-state index is 12.3. The highest BCUT2D eigenvalue weighted by Crippen LogP contribution is 2.22. The second-order valence-corrected chi connectivity index (χ2v) is 7.63. The number of rotatable bonds is 9. The van der Waals surface area contributed by atoms with Gasteiger partial charge >= 0.3 is 11.6 Å². The number of hydrogen-bond acceptors (Lipinski definition) is 8. The third kappa shape index (κ3) is 5.51. The van der Waals surface area contributed by atoms with Crippen molar-refractivity contribution < 1.29 is 28.4 Å². The number of fused-ring (bicyclic) bond motifs is 1. The van der Waals surface area contributed by atoms with Crippen molar-refractivity contribution in [2.45, 2.75) is 51.9 Å². The summed E-state index contributed by atoms with van der Waals surface area (Å²) in [5, 5.41) is 4.01. The molecule has 1 aliphatic heterocycles. The molecule has 2 heterocycles. The molecule has 1 fully saturated rings. The largest absolute Gasteiger partial charge is 0.422 e. The summed E-state index contributed by atoms with van der Waals surface area (Å²) in [7, 11) is 0. The van der Waals surface area contributed by atoms with Gasteiger partial charge in [-0.3, -0.25) is 14.4 Å². The zero-order valence-electron chi connectivity index (χ0n) is 17.8. The smallest absolute Gasteiger partial charge is 0.340 e. The van der Waals surface area contributed by atoms with E-state index >= 15 is 0 Å². The van der Waals surface area contributed by atoms with Gasteiger partial charge in [0.2, 0.25) is 5.91 Å². The molecule has 1 aromatic carbocycles. The van der Waals surface area contributed by atoms with Gasteiger partial charge in [-0.2, -0.15) is 0 Å². The van der Waals surface area contributed by atoms with Gasteiger partial charge in [-0.15, -0.1) is 5.06 Å². The third-order valence-electron chi connectivity index (χ3n) is 5.23. The second-order valence-electron chi connectivity index (χ2n) is 7.63. The zero-order chi connectivity index (χ0) is 23.3. The summed E-state index contributed by atoms with van der Waals surface area (Å²) in [6.07, 6.45) is 1.82. The Morgan fingerprint density at radius 3 is 2.56 bits per heavy atom. The number of nitrogens with two attached hydrogens (primary N) is 1. The molecule has 170 valence electrons. The van der Waals surface area contributed by atoms with Crippen molar-refractivity contribution >= 4 is 40.3 Å². The molecule has 0 unspecified atom stereocenters. The van der Waals surface area contributed by atoms with Crippen LogP contribution in [0.4, 0.5) is 5.69 Å². The average Bonchev–Trinajstić information content (AvgIpc) is 3.05. The number of imide groups is 1. The van der Waals surface area contributed by atoms with Crippen LogP contribution in [0, 0.1) is 6.92 Å². The Kier molecular flexibility index (Phi) is 7.24. The Morgan fingerprint density at radius 1 is 1.12 bits per heavy atom. The number of nitrogens with one attached hydrogen (secondary N) is 1. The number of nitrogen functional groups attached to an aromatic ring is 1. The predicted molar refractivity (Wildman–Crippen MR) is 114 cm³/mol. The van der Waals surface area contributed by atoms with Crippen LogP contribution in [0.3, 0.4) is 0 Å². The van der Waals surface area contributed by atoms with Crippen molar-refractivity contribution in [2.75, 3.05) is 12.3 Å². The number of anilines is 1. The molecule has 1 saturated heterocycles. The molecule has 1 aliphatic rings. The van der Waals surface area contributed by atoms with Gasteiger partial charge in [-0.25, -0.2) is 9.59 Å². The number of unbranched alkanes of at least 4 members (excludes halogenated alkanes) is 2. The molecule has 0 spiro atoms. The molecule has 1 aromatic heterocycles. The molecule has 10 nitrogen and oxygen atoms in total. The highest BCUT2D eigenvalue weighted by atomic mass is 16.7. The van der Waals surface area contributed by atoms with Gasteiger partial charge in [-0.1, -0.05) is 6.42 Å². The first-order chi connectivity index (χ1) is 15.3. The van der Waals surface area contributed by atoms with Crippen LogP contribution in [-0.2, 0) is 30.4 Å². The van der Waals surface area contributed by atoms with Gasteiger partial charge in [0, 0.05) is 42.9 Å². The van der Waals surface area contributed by atoms with Crippen LogP contribution in [0.1, 0.15) is 49.7 Å². The van der Waals surface area contributed by atoms with Crippen molar-refractivity contribution in [1.82, 2.24) is 10.4 Å². The highest BCUT2D eigenvalue weighted by molar-refractivity contribution is 6.01. The van der Waals surface area contributed by atoms with E-state index in [9.17, 15) is 24.0 Å². The van der Waals surface area contributed by atoms with E-state index in [2.05, 4.69) is 5.32 Å². The fourth-order valence-corrected chi connectivity index (χ4v) is 3.44. The quantitative estimate of drug-likeness (QED) is 0.256. The second kappa shape index (κ2) is 10.1. The lowest BCUT2D eigenvalue weighted by Gasteiger charge is -2.12. The Bertz CT molecular complexity index is 1110. The average molecular weight is 443 g/mol. The van der Waals surface area contributed by atoms with E-state index in [1.807, 2.05) is 0 Å². The molecular formula is C22H25N3O7. The Hall–Kier alpha value is -3.69. The number of amides is 3. The highest BCUT2D eigenvalue weighted by Gasteiger charge is 2.32. The lowest BCUT2D eigenvalue weighted by atomic mass is 10.0. The fraction of sp³-hybridized carbons (Fsp3) is 0.409. The van der Waals surface area contributed by atoms with E-state index in [0.717, 1.165) is 5.39 Å². The van der Waals surface area contributed by atoms with E-state index in [0.29, 0.717) is 53.3 Å². The van der Waals surface area contributed by atoms with Gasteiger partial charge in [0.25, 0.3) is 11.8 Å². The molecule has 0 aliphatic carbocycles. The number of carbonyl (C=O) groups is 4. The predicted octanol–water partition coefficient (Wildman–Crippen LogP) is 1.51. The molecule has 3 N–H and O–H groups in total. The van der Waals surface area contributed by atoms with Gasteiger partial charge in [0.1, 0.15) is 5.58 Å². The normalized spacial score (nSPS) is 13.6. The lowest BCUT2D eigenvalue weighted by Crippen LogP contribution is -2.32. The summed E-state index contributed by atoms with van der Waals surface area (Å²) < 4.78 is 5.29. The minimum Gasteiger partial charge on any atom is -0.422 e. The third-order valence-corrected chi connectivity index (χ3v) is 5.23. The van der Waals surface area contributed by atoms with Crippen molar-refractivity contribution in [3.05, 3.63) is 39.7 Å². The van der Waals surface area contributed by atoms with Gasteiger partial charge in [-0.05, 0) is 37.5 Å². The van der Waals surface area contributed by atoms with E-state index < -0.39 is 23.4 Å². The maximum atomic E-state index is 12.3. The van der Waals surface area contributed by atoms with Crippen LogP contribution >= 0.6 is 0 Å². The van der Waals surface area contributed by atoms with E-state index in [4.69, 9.17) is 15.0 Å². The number of aryl methyl sites for hydroxylation is 1. The molecule has 0 saturated carbocycles. The molecule has 32 heavy (non-hydrogen) atoms. The van der Waals surface area contributed by atoms with Crippen molar-refractivity contribution in [3.8, 4) is 0 Å². The molecule has 3 rings (SSSR count).